The smallest absolute Gasteiger partial charge is 0.298 e. The molecule has 0 saturated carbocycles. The van der Waals surface area contributed by atoms with Gasteiger partial charge in [0.15, 0.2) is 12.1 Å². The van der Waals surface area contributed by atoms with Crippen LogP contribution in [0.4, 0.5) is 0 Å². The summed E-state index contributed by atoms with van der Waals surface area (Å²) < 4.78 is 15.9. The molecule has 0 aliphatic carbocycles. The first kappa shape index (κ1) is 74.0. The number of hydrogen-bond donors (Lipinski definition) is 9. The van der Waals surface area contributed by atoms with Crippen LogP contribution in [0.25, 0.3) is 0 Å². The Balaban J connectivity index is 0.000000397. The fourth-order valence-electron chi connectivity index (χ4n) is 8.64. The van der Waals surface area contributed by atoms with Gasteiger partial charge in [-0.25, -0.2) is 9.59 Å². The van der Waals surface area contributed by atoms with Gasteiger partial charge in [0.2, 0.25) is 0 Å². The van der Waals surface area contributed by atoms with Gasteiger partial charge in [-0.2, -0.15) is 0 Å². The molecule has 23 heteroatoms. The van der Waals surface area contributed by atoms with Crippen molar-refractivity contribution in [2.24, 2.45) is 11.5 Å². The van der Waals surface area contributed by atoms with E-state index in [2.05, 4.69) is 61.1 Å². The van der Waals surface area contributed by atoms with Crippen LogP contribution >= 0.6 is 61.7 Å². The van der Waals surface area contributed by atoms with Crippen molar-refractivity contribution in [1.29, 1.82) is 0 Å². The van der Waals surface area contributed by atoms with Crippen LogP contribution in [0.2, 0.25) is 0 Å². The number of ether oxygens (including phenoxy) is 3. The summed E-state index contributed by atoms with van der Waals surface area (Å²) in [6, 6.07) is 38.4. The van der Waals surface area contributed by atoms with Gasteiger partial charge in [-0.15, -0.1) is 0 Å². The van der Waals surface area contributed by atoms with Crippen LogP contribution in [-0.2, 0) is 65.0 Å². The Bertz CT molecular complexity index is 2780. The molecule has 2 unspecified atom stereocenters. The number of hydrogen-bond acceptors (Lipinski definition) is 17. The summed E-state index contributed by atoms with van der Waals surface area (Å²) in [5, 5.41) is 67.4. The van der Waals surface area contributed by atoms with Gasteiger partial charge >= 0.3 is 62.4 Å². The number of benzene rings is 6. The number of aromatic carboxylic acids is 1. The largest absolute Gasteiger partial charge is 0.545 e. The minimum absolute atomic E-state index is 0.120. The zero-order chi connectivity index (χ0) is 62.3. The van der Waals surface area contributed by atoms with Gasteiger partial charge in [0.25, 0.3) is 6.47 Å². The van der Waals surface area contributed by atoms with Gasteiger partial charge in [-0.3, -0.25) is 9.69 Å². The average molecular weight is 1520 g/mol. The summed E-state index contributed by atoms with van der Waals surface area (Å²) in [6.07, 6.45) is 1.52. The van der Waals surface area contributed by atoms with E-state index in [1.54, 1.807) is 36.4 Å². The van der Waals surface area contributed by atoms with Crippen molar-refractivity contribution in [3.05, 3.63) is 206 Å². The predicted molar refractivity (Wildman–Crippen MR) is 336 cm³/mol. The number of carboxylic acid groups (broad SMARTS) is 1. The summed E-state index contributed by atoms with van der Waals surface area (Å²) in [5.41, 5.74) is 16.4. The number of carbonyl (C=O) groups excluding carboxylic acids is 4. The van der Waals surface area contributed by atoms with E-state index in [0.29, 0.717) is 69.4 Å². The van der Waals surface area contributed by atoms with Gasteiger partial charge in [-0.05, 0) is 114 Å². The van der Waals surface area contributed by atoms with Crippen molar-refractivity contribution in [2.75, 3.05) is 41.4 Å². The fraction of sp³-hybridized carbons (Fsp3) is 0.300. The van der Waals surface area contributed by atoms with E-state index in [1.807, 2.05) is 101 Å². The predicted octanol–water partition coefficient (Wildman–Crippen LogP) is 2.27. The number of likely N-dealkylation sites (N-methyl/N-ethyl adjacent to an activating group) is 2. The molecule has 0 saturated heterocycles. The van der Waals surface area contributed by atoms with Crippen molar-refractivity contribution in [2.45, 2.75) is 77.4 Å². The Morgan fingerprint density at radius 3 is 1.25 bits per heavy atom. The molecule has 0 fully saturated rings. The number of nitrogens with one attached hydrogen (secondary N) is 1. The second-order valence-corrected chi connectivity index (χ2v) is 35.6. The monoisotopic (exact) mass is 1520 g/mol. The second-order valence-electron chi connectivity index (χ2n) is 18.5. The van der Waals surface area contributed by atoms with Crippen molar-refractivity contribution >= 4 is 96.0 Å². The van der Waals surface area contributed by atoms with Crippen LogP contribution in [0.3, 0.4) is 0 Å². The van der Waals surface area contributed by atoms with Gasteiger partial charge in [0.1, 0.15) is 22.3 Å². The molecule has 0 aliphatic heterocycles. The second kappa shape index (κ2) is 38.7. The van der Waals surface area contributed by atoms with Gasteiger partial charge in [0.05, 0.1) is 76.4 Å². The number of aliphatic hydroxyl groups excluding tert-OH is 6. The number of thiocarbonyl (C=S) groups is 2. The van der Waals surface area contributed by atoms with Crippen LogP contribution in [0.5, 0.6) is 5.75 Å². The fourth-order valence-corrected chi connectivity index (χ4v) is 8.91. The van der Waals surface area contributed by atoms with E-state index in [0.717, 1.165) is 34.4 Å². The summed E-state index contributed by atoms with van der Waals surface area (Å²) in [5.74, 6) is -1.79. The maximum atomic E-state index is 12.7. The first-order valence-electron chi connectivity index (χ1n) is 25.5. The third-order valence-electron chi connectivity index (χ3n) is 13.6. The Hall–Kier alpha value is -5.15. The van der Waals surface area contributed by atoms with Crippen LogP contribution in [0, 0.1) is 0 Å². The molecule has 0 aromatic heterocycles. The molecular formula is C60H72I3N4O14S2-. The zero-order valence-electron chi connectivity index (χ0n) is 46.9. The van der Waals surface area contributed by atoms with Gasteiger partial charge in [-0.1, -0.05) is 123 Å². The number of quaternary nitrogens is 1. The molecule has 6 aromatic rings. The number of carbonyl (C=O) groups is 4. The van der Waals surface area contributed by atoms with Crippen LogP contribution < -0.4 is 39.5 Å². The molecule has 0 radical (unpaired) electrons. The molecule has 11 N–H and O–H groups in total. The molecule has 450 valence electrons. The van der Waals surface area contributed by atoms with Crippen molar-refractivity contribution in [1.82, 2.24) is 4.90 Å². The number of rotatable bonds is 23. The molecule has 6 aromatic carbocycles. The van der Waals surface area contributed by atoms with E-state index in [4.69, 9.17) is 33.2 Å². The Morgan fingerprint density at radius 1 is 0.590 bits per heavy atom. The molecule has 0 heterocycles. The van der Waals surface area contributed by atoms with E-state index in [-0.39, 0.29) is 80.1 Å². The van der Waals surface area contributed by atoms with Gasteiger partial charge in [0, 0.05) is 23.1 Å². The van der Waals surface area contributed by atoms with Crippen LogP contribution in [-0.4, -0.2) is 111 Å². The third kappa shape index (κ3) is 22.0. The van der Waals surface area contributed by atoms with Crippen molar-refractivity contribution in [3.63, 3.8) is 0 Å². The number of nitrogens with two attached hydrogens (primary N) is 2. The van der Waals surface area contributed by atoms with Gasteiger partial charge < -0.3 is 71.1 Å². The standard InChI is InChI=1S/2C22H29NO5.2C8H7NO2S.I3/c2*1-4-22(23(2)3,19-8-6-5-7-9-19)15-28-21(27)16-10-17(12-24)20(14-26)18(11-16)13-25;9-8(12)6-1-3-7(4-2-6)11-5-10;9-7(12)5-1-3-6(4-2-5)8(10)11;1-3-2/h2*5-11,24-26H,4,12-15H2,1-3H3;1-5H,(H2,9,12);1-4H,(H2,9,12)(H,10,11);/q;;;;-1. The van der Waals surface area contributed by atoms with E-state index >= 15 is 0 Å². The molecule has 0 spiro atoms. The van der Waals surface area contributed by atoms with E-state index in [1.165, 1.54) is 36.4 Å². The Kier molecular flexibility index (Phi) is 34.5. The minimum atomic E-state index is -1.20. The molecule has 2 atom stereocenters. The maximum Gasteiger partial charge on any atom is 0.298 e. The number of nitrogens with zero attached hydrogens (tertiary/aromatic N) is 1. The summed E-state index contributed by atoms with van der Waals surface area (Å²) in [7, 11) is 7.98. The Morgan fingerprint density at radius 2 is 0.952 bits per heavy atom. The zero-order valence-corrected chi connectivity index (χ0v) is 55.0. The molecule has 0 aliphatic rings. The number of aliphatic hydroxyl groups is 6. The molecule has 0 bridgehead atoms. The Labute approximate surface area is 525 Å². The average Bonchev–Trinajstić information content (AvgIpc) is 3.70. The summed E-state index contributed by atoms with van der Waals surface area (Å²) in [4.78, 5) is 49.5. The van der Waals surface area contributed by atoms with E-state index < -0.39 is 23.4 Å². The maximum absolute atomic E-state index is 12.7. The van der Waals surface area contributed by atoms with Crippen molar-refractivity contribution in [3.8, 4) is 5.75 Å². The van der Waals surface area contributed by atoms with Crippen molar-refractivity contribution < 1.29 is 87.3 Å². The van der Waals surface area contributed by atoms with Crippen LogP contribution in [0.1, 0.15) is 113 Å². The molecular weight excluding hydrogens is 1450 g/mol. The first-order chi connectivity index (χ1) is 39.6. The van der Waals surface area contributed by atoms with E-state index in [9.17, 15) is 54.9 Å². The van der Waals surface area contributed by atoms with Crippen LogP contribution in [0.15, 0.2) is 133 Å². The topological polar surface area (TPSA) is 300 Å². The molecule has 83 heavy (non-hydrogen) atoms. The summed E-state index contributed by atoms with van der Waals surface area (Å²) >= 11 is 14.7. The molecule has 6 rings (SSSR count). The first-order valence-corrected chi connectivity index (χ1v) is 38.9. The molecule has 0 amide bonds. The quantitative estimate of drug-likeness (QED) is 0.0192. The third-order valence-corrected chi connectivity index (χ3v) is 14.1. The number of halogens is 3. The summed E-state index contributed by atoms with van der Waals surface area (Å²) in [6.45, 7) is 2.83. The SMILES string of the molecule is CCC(COC(=O)c1cc(CO)c(CO)c(CO)c1)(c1ccccc1)N(C)C.CCC(COC(=O)c1cc(CO)c(CO)c(CO)c1)(c1ccccc1)[NH+](C)C.I[I-]I.NC(=S)c1ccc(C(=O)[O-])cc1.NC(=S)c1ccc(OC=O)cc1. The number of carboxylic acids is 1. The minimum Gasteiger partial charge on any atom is -0.545 e. The normalized spacial score (nSPS) is 12.0. The number of esters is 2. The molecule has 18 nitrogen and oxygen atoms in total.